The molecule has 466 valence electrons. The molecule has 4 atom stereocenters. The lowest BCUT2D eigenvalue weighted by molar-refractivity contribution is -0.139. The fourth-order valence-corrected chi connectivity index (χ4v) is 15.7. The van der Waals surface area contributed by atoms with Crippen molar-refractivity contribution < 1.29 is 13.2 Å². The minimum absolute atomic E-state index is 0.00353. The minimum Gasteiger partial charge on any atom is -0.401 e. The average molecular weight is 1190 g/mol. The smallest absolute Gasteiger partial charge is 0.401 e. The number of likely N-dealkylation sites (tertiary alicyclic amines) is 1. The van der Waals surface area contributed by atoms with Crippen LogP contribution in [-0.2, 0) is 19.4 Å². The summed E-state index contributed by atoms with van der Waals surface area (Å²) in [6.07, 6.45) is 28.0. The molecular formula is C70H104F3N11S. The Morgan fingerprint density at radius 1 is 0.929 bits per heavy atom. The van der Waals surface area contributed by atoms with Gasteiger partial charge in [0.2, 0.25) is 0 Å². The molecule has 0 bridgehead atoms. The van der Waals surface area contributed by atoms with Crippen LogP contribution in [0.5, 0.6) is 0 Å². The van der Waals surface area contributed by atoms with Crippen LogP contribution in [0.4, 0.5) is 18.9 Å². The third-order valence-corrected chi connectivity index (χ3v) is 20.6. The number of hydrogen-bond donors (Lipinski definition) is 3. The van der Waals surface area contributed by atoms with Gasteiger partial charge in [-0.3, -0.25) is 14.8 Å². The number of piperazine rings is 1. The molecule has 3 aliphatic carbocycles. The Balaban J connectivity index is 0.000000249. The zero-order valence-corrected chi connectivity index (χ0v) is 53.6. The second-order valence-electron chi connectivity index (χ2n) is 27.2. The van der Waals surface area contributed by atoms with Gasteiger partial charge in [0.1, 0.15) is 6.54 Å². The molecule has 3 aromatic heterocycles. The number of unbranched alkanes of at least 4 members (excludes halogenated alkanes) is 3. The number of hydrazine groups is 1. The van der Waals surface area contributed by atoms with Crippen LogP contribution in [0.3, 0.4) is 0 Å². The number of anilines is 1. The highest BCUT2D eigenvalue weighted by Crippen LogP contribution is 2.46. The first-order valence-corrected chi connectivity index (χ1v) is 33.8. The molecule has 10 rings (SSSR count). The van der Waals surface area contributed by atoms with Crippen molar-refractivity contribution in [3.8, 4) is 34.9 Å². The van der Waals surface area contributed by atoms with E-state index in [1.54, 1.807) is 17.5 Å². The fourth-order valence-electron chi connectivity index (χ4n) is 14.8. The summed E-state index contributed by atoms with van der Waals surface area (Å²) in [4.78, 5) is 23.0. The Morgan fingerprint density at radius 2 is 1.69 bits per heavy atom. The van der Waals surface area contributed by atoms with E-state index < -0.39 is 12.7 Å². The van der Waals surface area contributed by atoms with Gasteiger partial charge in [-0.05, 0) is 170 Å². The second-order valence-corrected chi connectivity index (χ2v) is 28.1. The van der Waals surface area contributed by atoms with Crippen molar-refractivity contribution in [3.05, 3.63) is 89.6 Å². The van der Waals surface area contributed by atoms with Gasteiger partial charge >= 0.3 is 6.18 Å². The molecule has 4 aromatic rings. The van der Waals surface area contributed by atoms with E-state index in [-0.39, 0.29) is 11.3 Å². The molecule has 3 saturated carbocycles. The number of nitrogens with zero attached hydrogens (tertiary/aromatic N) is 8. The number of hydrogen-bond acceptors (Lipinski definition) is 11. The predicted octanol–water partition coefficient (Wildman–Crippen LogP) is 14.9. The lowest BCUT2D eigenvalue weighted by atomic mass is 9.80. The summed E-state index contributed by atoms with van der Waals surface area (Å²) in [5.74, 6) is 6.44. The van der Waals surface area contributed by atoms with Gasteiger partial charge in [-0.1, -0.05) is 85.6 Å². The molecular weight excluding hydrogens is 1080 g/mol. The van der Waals surface area contributed by atoms with E-state index >= 15 is 0 Å². The number of terminal acetylenes is 1. The van der Waals surface area contributed by atoms with Crippen LogP contribution < -0.4 is 21.5 Å². The molecule has 6 fully saturated rings. The lowest BCUT2D eigenvalue weighted by Gasteiger charge is -2.45. The lowest BCUT2D eigenvalue weighted by Crippen LogP contribution is -2.54. The molecule has 11 nitrogen and oxygen atoms in total. The molecule has 0 spiro atoms. The van der Waals surface area contributed by atoms with Gasteiger partial charge in [-0.15, -0.1) is 23.7 Å². The van der Waals surface area contributed by atoms with E-state index in [1.807, 2.05) is 18.3 Å². The number of piperidine rings is 1. The number of thiazole rings is 1. The van der Waals surface area contributed by atoms with E-state index in [4.69, 9.17) is 22.1 Å². The van der Waals surface area contributed by atoms with Gasteiger partial charge in [0.05, 0.1) is 45.8 Å². The number of rotatable bonds is 29. The van der Waals surface area contributed by atoms with Crippen LogP contribution in [0.2, 0.25) is 0 Å². The van der Waals surface area contributed by atoms with Crippen LogP contribution >= 0.6 is 11.3 Å². The molecule has 6 heterocycles. The standard InChI is InChI=1S/C45H60F3N7S.C25H44N4/c1-7-9-20-44(5,6)27-38-36-25-33(39-30-56-41(52-39)17-12-10-11-14-21-51-50-8-2)18-19-40(36)55(31-45(46,47)48)43(38)37-26-35(28-49-42(37)32(3)4)54-24-23-53-22-15-13-16-34(53)29-54;1-5-27(20(4)29(24-12-13-24)19(3)22-10-11-22)16-21-14-15-28(17-21)25(18(2)26)23-8-6-7-9-23/h1,8,18-19,25-26,28,30,32,34,50-51H,2,9-17,20-24,27,29,31H2,3-6H3;19,21-25H,2,4-17,26H2,1,3H3. The maximum atomic E-state index is 14.7. The zero-order valence-electron chi connectivity index (χ0n) is 52.8. The predicted molar refractivity (Wildman–Crippen MR) is 349 cm³/mol. The van der Waals surface area contributed by atoms with Crippen LogP contribution in [-0.4, -0.2) is 123 Å². The van der Waals surface area contributed by atoms with Crippen molar-refractivity contribution in [2.75, 3.05) is 63.8 Å². The molecule has 4 unspecified atom stereocenters. The maximum Gasteiger partial charge on any atom is 0.406 e. The van der Waals surface area contributed by atoms with Crippen molar-refractivity contribution in [3.63, 3.8) is 0 Å². The number of aryl methyl sites for hydroxylation is 1. The van der Waals surface area contributed by atoms with E-state index in [1.165, 1.54) is 101 Å². The molecule has 4 N–H and O–H groups in total. The normalized spacial score (nSPS) is 20.5. The van der Waals surface area contributed by atoms with E-state index in [9.17, 15) is 13.2 Å². The molecule has 85 heavy (non-hydrogen) atoms. The third-order valence-electron chi connectivity index (χ3n) is 19.7. The van der Waals surface area contributed by atoms with Gasteiger partial charge in [0.25, 0.3) is 0 Å². The summed E-state index contributed by atoms with van der Waals surface area (Å²) >= 11 is 1.65. The summed E-state index contributed by atoms with van der Waals surface area (Å²) in [6.45, 7) is 33.9. The summed E-state index contributed by atoms with van der Waals surface area (Å²) in [6, 6.07) is 10.3. The number of halogens is 3. The van der Waals surface area contributed by atoms with Crippen molar-refractivity contribution in [1.29, 1.82) is 0 Å². The van der Waals surface area contributed by atoms with Crippen LogP contribution in [0, 0.1) is 35.5 Å². The quantitative estimate of drug-likeness (QED) is 0.0277. The van der Waals surface area contributed by atoms with Crippen LogP contribution in [0.15, 0.2) is 73.3 Å². The van der Waals surface area contributed by atoms with Gasteiger partial charge in [-0.25, -0.2) is 10.4 Å². The first-order valence-electron chi connectivity index (χ1n) is 33.0. The van der Waals surface area contributed by atoms with E-state index in [2.05, 4.69) is 120 Å². The molecule has 15 heteroatoms. The number of benzene rings is 1. The Labute approximate surface area is 513 Å². The molecule has 6 aliphatic rings. The van der Waals surface area contributed by atoms with Crippen LogP contribution in [0.1, 0.15) is 179 Å². The number of nitrogens with two attached hydrogens (primary N) is 1. The van der Waals surface area contributed by atoms with Crippen molar-refractivity contribution >= 4 is 27.9 Å². The van der Waals surface area contributed by atoms with Gasteiger partial charge in [-0.2, -0.15) is 13.2 Å². The Kier molecular flexibility index (Phi) is 22.2. The first kappa shape index (κ1) is 64.5. The summed E-state index contributed by atoms with van der Waals surface area (Å²) in [5, 5.41) is 4.00. The summed E-state index contributed by atoms with van der Waals surface area (Å²) < 4.78 is 45.7. The Bertz CT molecular complexity index is 2880. The molecule has 3 aliphatic heterocycles. The second kappa shape index (κ2) is 29.3. The zero-order chi connectivity index (χ0) is 60.4. The number of pyridine rings is 1. The highest BCUT2D eigenvalue weighted by atomic mass is 32.1. The van der Waals surface area contributed by atoms with Gasteiger partial charge < -0.3 is 30.4 Å². The number of aromatic nitrogens is 3. The largest absolute Gasteiger partial charge is 0.406 e. The first-order chi connectivity index (χ1) is 40.9. The number of alkyl halides is 3. The highest BCUT2D eigenvalue weighted by molar-refractivity contribution is 7.09. The third kappa shape index (κ3) is 16.8. The highest BCUT2D eigenvalue weighted by Gasteiger charge is 2.42. The van der Waals surface area contributed by atoms with Gasteiger partial charge in [0.15, 0.2) is 0 Å². The van der Waals surface area contributed by atoms with E-state index in [0.717, 1.165) is 152 Å². The molecule has 0 amide bonds. The van der Waals surface area contributed by atoms with E-state index in [0.29, 0.717) is 48.1 Å². The van der Waals surface area contributed by atoms with Crippen molar-refractivity contribution in [2.24, 2.45) is 28.9 Å². The van der Waals surface area contributed by atoms with Crippen molar-refractivity contribution in [1.82, 2.24) is 45.0 Å². The Morgan fingerprint density at radius 3 is 2.39 bits per heavy atom. The van der Waals surface area contributed by atoms with Crippen molar-refractivity contribution in [2.45, 2.75) is 213 Å². The van der Waals surface area contributed by atoms with Crippen LogP contribution in [0.25, 0.3) is 33.4 Å². The summed E-state index contributed by atoms with van der Waals surface area (Å²) in [7, 11) is 0. The minimum atomic E-state index is -4.43. The monoisotopic (exact) mass is 1190 g/mol. The maximum absolute atomic E-state index is 14.7. The summed E-state index contributed by atoms with van der Waals surface area (Å²) in [5.41, 5.74) is 19.4. The topological polar surface area (TPSA) is 97.0 Å². The average Bonchev–Trinajstić information content (AvgIpc) is 1.72. The molecule has 3 saturated heterocycles. The number of nitrogens with one attached hydrogen (secondary N) is 2. The van der Waals surface area contributed by atoms with Gasteiger partial charge in [0, 0.05) is 110 Å². The number of fused-ring (bicyclic) bond motifs is 2. The SMILES string of the molecule is C#CCCC(C)(C)Cc1c(-c2cc(N3CCN4CCCCC4C3)cnc2C(C)C)n(CC(F)(F)F)c2ccc(-c3csc(CCCCCCNNC=C)n3)cc12.C=C(N)C(C1CCCC1)N1CCC(CN(CC)C(=C)N(C2CC2)C(C)C2CC2)C1. The fraction of sp³-hybridized carbons (Fsp3) is 0.657. The molecule has 1 aromatic carbocycles. The Hall–Kier alpha value is -5.01. The molecule has 0 radical (unpaired) electrons.